The number of hydrogen-bond donors (Lipinski definition) is 1. The number of aromatic nitrogens is 1. The normalized spacial score (nSPS) is 12.2. The Kier molecular flexibility index (Phi) is 6.54. The Morgan fingerprint density at radius 2 is 1.82 bits per heavy atom. The molecule has 0 radical (unpaired) electrons. The molecule has 0 aliphatic heterocycles. The molecule has 28 heavy (non-hydrogen) atoms. The van der Waals surface area contributed by atoms with Crippen LogP contribution in [0.3, 0.4) is 0 Å². The van der Waals surface area contributed by atoms with E-state index in [0.717, 1.165) is 16.3 Å². The third kappa shape index (κ3) is 5.03. The summed E-state index contributed by atoms with van der Waals surface area (Å²) in [6, 6.07) is 15.2. The summed E-state index contributed by atoms with van der Waals surface area (Å²) in [5, 5.41) is 2.84. The SMILES string of the molecule is CC(C)C[C@H](N)C(=O)N(Cc1csc(-c2ccccc2)n1)c1ccc(F)cc1. The molecule has 0 unspecified atom stereocenters. The smallest absolute Gasteiger partial charge is 0.244 e. The summed E-state index contributed by atoms with van der Waals surface area (Å²) < 4.78 is 13.4. The van der Waals surface area contributed by atoms with Gasteiger partial charge in [-0.25, -0.2) is 9.37 Å². The zero-order valence-corrected chi connectivity index (χ0v) is 16.8. The number of hydrogen-bond acceptors (Lipinski definition) is 4. The van der Waals surface area contributed by atoms with Crippen LogP contribution in [0.5, 0.6) is 0 Å². The molecular weight excluding hydrogens is 373 g/mol. The largest absolute Gasteiger partial charge is 0.320 e. The van der Waals surface area contributed by atoms with Crippen LogP contribution in [0.4, 0.5) is 10.1 Å². The molecular formula is C22H24FN3OS. The van der Waals surface area contributed by atoms with Gasteiger partial charge in [0.2, 0.25) is 5.91 Å². The molecule has 6 heteroatoms. The number of carbonyl (C=O) groups is 1. The third-order valence-corrected chi connectivity index (χ3v) is 5.28. The van der Waals surface area contributed by atoms with Gasteiger partial charge in [0.05, 0.1) is 18.3 Å². The van der Waals surface area contributed by atoms with Gasteiger partial charge in [0.1, 0.15) is 10.8 Å². The molecule has 146 valence electrons. The van der Waals surface area contributed by atoms with Crippen molar-refractivity contribution in [2.45, 2.75) is 32.9 Å². The Balaban J connectivity index is 1.86. The zero-order valence-electron chi connectivity index (χ0n) is 16.0. The fourth-order valence-electron chi connectivity index (χ4n) is 2.98. The summed E-state index contributed by atoms with van der Waals surface area (Å²) in [6.07, 6.45) is 0.586. The van der Waals surface area contributed by atoms with E-state index in [1.165, 1.54) is 23.5 Å². The molecule has 1 heterocycles. The minimum absolute atomic E-state index is 0.186. The van der Waals surface area contributed by atoms with Crippen molar-refractivity contribution < 1.29 is 9.18 Å². The maximum atomic E-state index is 13.4. The van der Waals surface area contributed by atoms with Gasteiger partial charge in [0.25, 0.3) is 0 Å². The van der Waals surface area contributed by atoms with Crippen molar-refractivity contribution in [3.8, 4) is 10.6 Å². The predicted molar refractivity (Wildman–Crippen MR) is 113 cm³/mol. The maximum absolute atomic E-state index is 13.4. The highest BCUT2D eigenvalue weighted by Gasteiger charge is 2.24. The van der Waals surface area contributed by atoms with Crippen LogP contribution in [0.15, 0.2) is 60.0 Å². The second-order valence-electron chi connectivity index (χ2n) is 7.15. The first-order chi connectivity index (χ1) is 13.4. The lowest BCUT2D eigenvalue weighted by Crippen LogP contribution is -2.44. The van der Waals surface area contributed by atoms with Gasteiger partial charge < -0.3 is 10.6 Å². The number of carbonyl (C=O) groups excluding carboxylic acids is 1. The number of thiazole rings is 1. The molecule has 2 aromatic carbocycles. The van der Waals surface area contributed by atoms with Crippen molar-refractivity contribution in [3.63, 3.8) is 0 Å². The topological polar surface area (TPSA) is 59.2 Å². The van der Waals surface area contributed by atoms with Crippen molar-refractivity contribution in [1.82, 2.24) is 4.98 Å². The number of amides is 1. The van der Waals surface area contributed by atoms with Gasteiger partial charge in [-0.3, -0.25) is 4.79 Å². The van der Waals surface area contributed by atoms with Crippen LogP contribution in [0.25, 0.3) is 10.6 Å². The fraction of sp³-hybridized carbons (Fsp3) is 0.273. The highest BCUT2D eigenvalue weighted by atomic mass is 32.1. The van der Waals surface area contributed by atoms with Gasteiger partial charge in [-0.1, -0.05) is 44.2 Å². The van der Waals surface area contributed by atoms with Gasteiger partial charge in [-0.2, -0.15) is 0 Å². The quantitative estimate of drug-likeness (QED) is 0.620. The van der Waals surface area contributed by atoms with E-state index >= 15 is 0 Å². The van der Waals surface area contributed by atoms with Crippen LogP contribution in [0.1, 0.15) is 26.0 Å². The highest BCUT2D eigenvalue weighted by molar-refractivity contribution is 7.13. The van der Waals surface area contributed by atoms with Crippen molar-refractivity contribution in [2.24, 2.45) is 11.7 Å². The number of benzene rings is 2. The Bertz CT molecular complexity index is 909. The van der Waals surface area contributed by atoms with E-state index in [1.807, 2.05) is 49.6 Å². The second kappa shape index (κ2) is 9.08. The summed E-state index contributed by atoms with van der Waals surface area (Å²) in [5.41, 5.74) is 8.58. The Morgan fingerprint density at radius 3 is 2.46 bits per heavy atom. The van der Waals surface area contributed by atoms with E-state index in [4.69, 9.17) is 5.73 Å². The summed E-state index contributed by atoms with van der Waals surface area (Å²) in [5.74, 6) is -0.227. The Hall–Kier alpha value is -2.57. The van der Waals surface area contributed by atoms with Crippen LogP contribution >= 0.6 is 11.3 Å². The van der Waals surface area contributed by atoms with Crippen LogP contribution in [-0.4, -0.2) is 16.9 Å². The Labute approximate surface area is 168 Å². The zero-order chi connectivity index (χ0) is 20.1. The first kappa shape index (κ1) is 20.2. The molecule has 2 N–H and O–H groups in total. The molecule has 1 amide bonds. The lowest BCUT2D eigenvalue weighted by molar-refractivity contribution is -0.120. The fourth-order valence-corrected chi connectivity index (χ4v) is 3.80. The van der Waals surface area contributed by atoms with E-state index in [0.29, 0.717) is 24.6 Å². The average molecular weight is 398 g/mol. The number of nitrogens with two attached hydrogens (primary N) is 1. The van der Waals surface area contributed by atoms with Crippen LogP contribution in [0, 0.1) is 11.7 Å². The molecule has 0 fully saturated rings. The third-order valence-electron chi connectivity index (χ3n) is 4.34. The van der Waals surface area contributed by atoms with Crippen molar-refractivity contribution in [2.75, 3.05) is 4.90 Å². The van der Waals surface area contributed by atoms with E-state index in [1.54, 1.807) is 17.0 Å². The number of nitrogens with zero attached hydrogens (tertiary/aromatic N) is 2. The van der Waals surface area contributed by atoms with E-state index in [9.17, 15) is 9.18 Å². The highest BCUT2D eigenvalue weighted by Crippen LogP contribution is 2.26. The monoisotopic (exact) mass is 397 g/mol. The van der Waals surface area contributed by atoms with E-state index in [-0.39, 0.29) is 11.7 Å². The minimum atomic E-state index is -0.614. The summed E-state index contributed by atoms with van der Waals surface area (Å²) >= 11 is 1.53. The van der Waals surface area contributed by atoms with Crippen molar-refractivity contribution in [3.05, 3.63) is 71.5 Å². The summed E-state index contributed by atoms with van der Waals surface area (Å²) in [4.78, 5) is 19.3. The Morgan fingerprint density at radius 1 is 1.14 bits per heavy atom. The summed E-state index contributed by atoms with van der Waals surface area (Å²) in [6.45, 7) is 4.35. The maximum Gasteiger partial charge on any atom is 0.244 e. The van der Waals surface area contributed by atoms with Crippen molar-refractivity contribution >= 4 is 22.9 Å². The summed E-state index contributed by atoms with van der Waals surface area (Å²) in [7, 11) is 0. The lowest BCUT2D eigenvalue weighted by Gasteiger charge is -2.26. The molecule has 0 saturated heterocycles. The van der Waals surface area contributed by atoms with Crippen LogP contribution in [0.2, 0.25) is 0 Å². The molecule has 3 aromatic rings. The van der Waals surface area contributed by atoms with Gasteiger partial charge in [0.15, 0.2) is 0 Å². The number of halogens is 1. The lowest BCUT2D eigenvalue weighted by atomic mass is 10.0. The van der Waals surface area contributed by atoms with Gasteiger partial charge in [-0.15, -0.1) is 11.3 Å². The predicted octanol–water partition coefficient (Wildman–Crippen LogP) is 4.86. The van der Waals surface area contributed by atoms with Crippen molar-refractivity contribution in [1.29, 1.82) is 0 Å². The van der Waals surface area contributed by atoms with Gasteiger partial charge in [0, 0.05) is 16.6 Å². The van der Waals surface area contributed by atoms with Crippen LogP contribution in [-0.2, 0) is 11.3 Å². The average Bonchev–Trinajstić information content (AvgIpc) is 3.15. The van der Waals surface area contributed by atoms with E-state index in [2.05, 4.69) is 4.98 Å². The van der Waals surface area contributed by atoms with Gasteiger partial charge in [-0.05, 0) is 36.6 Å². The molecule has 0 aliphatic rings. The molecule has 3 rings (SSSR count). The molecule has 0 aliphatic carbocycles. The standard InChI is InChI=1S/C22H24FN3OS/c1-15(2)12-20(24)22(27)26(19-10-8-17(23)9-11-19)13-18-14-28-21(25-18)16-6-4-3-5-7-16/h3-11,14-15,20H,12-13,24H2,1-2H3/t20-/m0/s1. The van der Waals surface area contributed by atoms with E-state index < -0.39 is 6.04 Å². The number of anilines is 1. The van der Waals surface area contributed by atoms with Gasteiger partial charge >= 0.3 is 0 Å². The molecule has 1 aromatic heterocycles. The molecule has 0 bridgehead atoms. The molecule has 1 atom stereocenters. The first-order valence-electron chi connectivity index (χ1n) is 9.26. The number of rotatable bonds is 7. The minimum Gasteiger partial charge on any atom is -0.320 e. The molecule has 0 saturated carbocycles. The molecule has 0 spiro atoms. The molecule has 4 nitrogen and oxygen atoms in total. The second-order valence-corrected chi connectivity index (χ2v) is 8.00. The van der Waals surface area contributed by atoms with Crippen LogP contribution < -0.4 is 10.6 Å². The first-order valence-corrected chi connectivity index (χ1v) is 10.1.